The van der Waals surface area contributed by atoms with Crippen LogP contribution in [-0.2, 0) is 26.7 Å². The van der Waals surface area contributed by atoms with Gasteiger partial charge in [0.25, 0.3) is 0 Å². The minimum Gasteiger partial charge on any atom is -0.676 e. The number of hydrogen-bond acceptors (Lipinski definition) is 2. The molecule has 0 atom stereocenters. The van der Waals surface area contributed by atoms with E-state index in [4.69, 9.17) is 5.73 Å². The third-order valence-corrected chi connectivity index (χ3v) is 2.68. The van der Waals surface area contributed by atoms with Crippen LogP contribution < -0.4 is 0 Å². The Labute approximate surface area is 146 Å². The molecule has 3 aromatic rings. The zero-order valence-electron chi connectivity index (χ0n) is 12.0. The second kappa shape index (κ2) is 9.94. The molecule has 0 bridgehead atoms. The molecule has 7 heteroatoms. The number of hydrogen-bond donors (Lipinski definition) is 0. The van der Waals surface area contributed by atoms with Crippen LogP contribution in [0.3, 0.4) is 0 Å². The monoisotopic (exact) mass is 493 g/mol. The quantitative estimate of drug-likeness (QED) is 0.523. The molecule has 23 heavy (non-hydrogen) atoms. The molecule has 0 unspecified atom stereocenters. The van der Waals surface area contributed by atoms with Crippen molar-refractivity contribution in [2.75, 3.05) is 6.54 Å². The van der Waals surface area contributed by atoms with Gasteiger partial charge in [0, 0.05) is 56.9 Å². The fraction of sp³-hybridized carbons (Fsp3) is 0.125. The maximum absolute atomic E-state index is 13.2. The summed E-state index contributed by atoms with van der Waals surface area (Å²) < 4.78 is 27.5. The maximum atomic E-state index is 13.2. The zero-order chi connectivity index (χ0) is 15.8. The van der Waals surface area contributed by atoms with Gasteiger partial charge in [-0.15, -0.1) is 18.7 Å². The van der Waals surface area contributed by atoms with Crippen molar-refractivity contribution in [3.8, 4) is 11.3 Å². The number of aromatic nitrogens is 3. The molecule has 0 aliphatic heterocycles. The normalized spacial score (nSPS) is 9.52. The minimum atomic E-state index is -0.649. The van der Waals surface area contributed by atoms with Gasteiger partial charge in [0.1, 0.15) is 0 Å². The Kier molecular flexibility index (Phi) is 8.26. The van der Waals surface area contributed by atoms with Crippen LogP contribution in [0, 0.1) is 17.7 Å². The molecule has 4 nitrogen and oxygen atoms in total. The smallest absolute Gasteiger partial charge is 0.0489 e. The largest absolute Gasteiger partial charge is 0.676 e. The van der Waals surface area contributed by atoms with Crippen LogP contribution in [0.2, 0.25) is 0 Å². The van der Waals surface area contributed by atoms with Crippen LogP contribution in [-0.4, -0.2) is 21.3 Å². The molecule has 0 aliphatic carbocycles. The summed E-state index contributed by atoms with van der Waals surface area (Å²) >= 11 is 0. The summed E-state index contributed by atoms with van der Waals surface area (Å²) in [6.45, 7) is 1.11. The van der Waals surface area contributed by atoms with E-state index < -0.39 is 11.6 Å². The molecule has 0 spiro atoms. The summed E-state index contributed by atoms with van der Waals surface area (Å²) in [5.74, 6) is -1.29. The summed E-state index contributed by atoms with van der Waals surface area (Å²) in [5, 5.41) is 3.90. The summed E-state index contributed by atoms with van der Waals surface area (Å²) in [6.07, 6.45) is 5.12. The molecule has 2 heterocycles. The van der Waals surface area contributed by atoms with Crippen molar-refractivity contribution in [3.05, 3.63) is 78.4 Å². The Morgan fingerprint density at radius 2 is 2.00 bits per heavy atom. The van der Waals surface area contributed by atoms with Crippen molar-refractivity contribution >= 4 is 0 Å². The molecule has 1 N–H and O–H groups in total. The van der Waals surface area contributed by atoms with Gasteiger partial charge in [0.2, 0.25) is 0 Å². The van der Waals surface area contributed by atoms with Gasteiger partial charge in [0.15, 0.2) is 0 Å². The molecule has 1 radical (unpaired) electrons. The van der Waals surface area contributed by atoms with Crippen molar-refractivity contribution in [1.29, 1.82) is 0 Å². The molecule has 1 aromatic carbocycles. The van der Waals surface area contributed by atoms with Crippen molar-refractivity contribution in [1.82, 2.24) is 14.8 Å². The Balaban J connectivity index is 0.000000253. The average molecular weight is 493 g/mol. The van der Waals surface area contributed by atoms with Gasteiger partial charge >= 0.3 is 0 Å². The van der Waals surface area contributed by atoms with Gasteiger partial charge < -0.3 is 10.7 Å². The number of benzene rings is 1. The Morgan fingerprint density at radius 3 is 2.57 bits per heavy atom. The number of rotatable bonds is 3. The minimum absolute atomic E-state index is 0. The molecular formula is C16H14F2IrN4-2. The third-order valence-electron chi connectivity index (χ3n) is 2.68. The van der Waals surface area contributed by atoms with E-state index >= 15 is 0 Å². The van der Waals surface area contributed by atoms with E-state index in [0.717, 1.165) is 12.1 Å². The molecule has 3 rings (SSSR count). The number of pyridine rings is 1. The summed E-state index contributed by atoms with van der Waals surface area (Å²) in [4.78, 5) is 3.95. The molecule has 0 fully saturated rings. The first-order valence-electron chi connectivity index (χ1n) is 6.61. The predicted molar refractivity (Wildman–Crippen MR) is 79.8 cm³/mol. The first-order chi connectivity index (χ1) is 10.7. The number of nitrogens with one attached hydrogen (secondary N) is 1. The van der Waals surface area contributed by atoms with Crippen LogP contribution in [0.1, 0.15) is 0 Å². The first-order valence-corrected chi connectivity index (χ1v) is 6.61. The van der Waals surface area contributed by atoms with E-state index in [1.54, 1.807) is 35.3 Å². The van der Waals surface area contributed by atoms with Gasteiger partial charge in [0.05, 0.1) is 0 Å². The molecule has 0 amide bonds. The van der Waals surface area contributed by atoms with Crippen LogP contribution in [0.5, 0.6) is 0 Å². The van der Waals surface area contributed by atoms with Crippen molar-refractivity contribution in [2.24, 2.45) is 0 Å². The van der Waals surface area contributed by atoms with Crippen LogP contribution in [0.15, 0.2) is 55.0 Å². The van der Waals surface area contributed by atoms with E-state index in [1.807, 2.05) is 12.3 Å². The topological polar surface area (TPSA) is 54.5 Å². The predicted octanol–water partition coefficient (Wildman–Crippen LogP) is 3.76. The Morgan fingerprint density at radius 1 is 1.17 bits per heavy atom. The van der Waals surface area contributed by atoms with E-state index in [1.165, 1.54) is 0 Å². The molecule has 0 saturated carbocycles. The fourth-order valence-electron chi connectivity index (χ4n) is 1.70. The van der Waals surface area contributed by atoms with E-state index in [-0.39, 0.29) is 25.7 Å². The third kappa shape index (κ3) is 5.98. The molecule has 2 aromatic heterocycles. The van der Waals surface area contributed by atoms with Gasteiger partial charge in [-0.05, 0) is 17.8 Å². The number of nitrogens with zero attached hydrogens (tertiary/aromatic N) is 3. The van der Waals surface area contributed by atoms with Gasteiger partial charge in [-0.1, -0.05) is 23.8 Å². The van der Waals surface area contributed by atoms with Crippen molar-refractivity contribution < 1.29 is 28.9 Å². The van der Waals surface area contributed by atoms with Crippen molar-refractivity contribution in [3.63, 3.8) is 0 Å². The molecule has 0 saturated heterocycles. The summed E-state index contributed by atoms with van der Waals surface area (Å²) in [5.41, 5.74) is 7.45. The first kappa shape index (κ1) is 19.1. The van der Waals surface area contributed by atoms with E-state index in [2.05, 4.69) is 16.1 Å². The molecule has 0 aliphatic rings. The van der Waals surface area contributed by atoms with Crippen LogP contribution in [0.25, 0.3) is 17.0 Å². The second-order valence-corrected chi connectivity index (χ2v) is 4.27. The average Bonchev–Trinajstić information content (AvgIpc) is 3.02. The summed E-state index contributed by atoms with van der Waals surface area (Å²) in [7, 11) is 0. The SMILES string of the molecule is Fc1c[c-]c(-c2ccccn2)c(F)c1.[Ir].[NH-]CCn1cccn1. The van der Waals surface area contributed by atoms with Crippen molar-refractivity contribution in [2.45, 2.75) is 6.54 Å². The van der Waals surface area contributed by atoms with E-state index in [0.29, 0.717) is 18.8 Å². The van der Waals surface area contributed by atoms with Gasteiger partial charge in [-0.2, -0.15) is 5.10 Å². The van der Waals surface area contributed by atoms with Gasteiger partial charge in [-0.25, -0.2) is 0 Å². The second-order valence-electron chi connectivity index (χ2n) is 4.27. The molecule has 123 valence electrons. The van der Waals surface area contributed by atoms with Crippen LogP contribution in [0.4, 0.5) is 8.78 Å². The fourth-order valence-corrected chi connectivity index (χ4v) is 1.70. The zero-order valence-corrected chi connectivity index (χ0v) is 14.4. The Bertz CT molecular complexity index is 691. The van der Waals surface area contributed by atoms with E-state index in [9.17, 15) is 8.78 Å². The number of halogens is 2. The Hall–Kier alpha value is -1.95. The van der Waals surface area contributed by atoms with Crippen LogP contribution >= 0.6 is 0 Å². The molecular weight excluding hydrogens is 478 g/mol. The maximum Gasteiger partial charge on any atom is 0.0489 e. The van der Waals surface area contributed by atoms with Gasteiger partial charge in [-0.3, -0.25) is 13.5 Å². The standard InChI is InChI=1S/C11H6F2N.C5H8N3.Ir/c12-8-4-5-9(10(13)7-8)11-3-1-2-6-14-11;6-2-5-8-4-1-3-7-8;/h1-4,6-7H;1,3-4,6H,2,5H2;/q2*-1;. The summed E-state index contributed by atoms with van der Waals surface area (Å²) in [6, 6.07) is 11.4.